The van der Waals surface area contributed by atoms with Gasteiger partial charge in [-0.2, -0.15) is 0 Å². The lowest BCUT2D eigenvalue weighted by Gasteiger charge is -2.19. The summed E-state index contributed by atoms with van der Waals surface area (Å²) in [5.41, 5.74) is 1.49. The summed E-state index contributed by atoms with van der Waals surface area (Å²) < 4.78 is 33.0. The standard InChI is InChI=1S/C21H26N2O6S/c1-14(20(25)23-16-7-11-18(12-8-16)30(22,26)27)29-19(24)13-28-17-9-5-15(6-10-17)21(2,3)4/h5-12,14H,13H2,1-4H3,(H,23,25)(H2,22,26,27). The molecular formula is C21H26N2O6S. The van der Waals surface area contributed by atoms with Crippen molar-refractivity contribution < 1.29 is 27.5 Å². The normalized spacial score (nSPS) is 12.7. The number of sulfonamides is 1. The van der Waals surface area contributed by atoms with Crippen molar-refractivity contribution in [2.24, 2.45) is 5.14 Å². The van der Waals surface area contributed by atoms with E-state index in [4.69, 9.17) is 14.6 Å². The van der Waals surface area contributed by atoms with Gasteiger partial charge in [-0.3, -0.25) is 4.79 Å². The Morgan fingerprint density at radius 2 is 1.60 bits per heavy atom. The summed E-state index contributed by atoms with van der Waals surface area (Å²) in [7, 11) is -3.82. The number of hydrogen-bond acceptors (Lipinski definition) is 6. The summed E-state index contributed by atoms with van der Waals surface area (Å²) in [6, 6.07) is 12.7. The van der Waals surface area contributed by atoms with E-state index in [9.17, 15) is 18.0 Å². The van der Waals surface area contributed by atoms with Gasteiger partial charge in [0.2, 0.25) is 10.0 Å². The van der Waals surface area contributed by atoms with Crippen LogP contribution in [-0.4, -0.2) is 33.0 Å². The fraction of sp³-hybridized carbons (Fsp3) is 0.333. The first-order valence-electron chi connectivity index (χ1n) is 9.23. The van der Waals surface area contributed by atoms with Gasteiger partial charge in [0.25, 0.3) is 5.91 Å². The van der Waals surface area contributed by atoms with Crippen molar-refractivity contribution in [3.8, 4) is 5.75 Å². The molecule has 0 aromatic heterocycles. The molecule has 0 heterocycles. The lowest BCUT2D eigenvalue weighted by molar-refractivity contribution is -0.155. The van der Waals surface area contributed by atoms with Crippen molar-refractivity contribution in [2.45, 2.75) is 44.1 Å². The second-order valence-electron chi connectivity index (χ2n) is 7.75. The Kier molecular flexibility index (Phi) is 7.22. The van der Waals surface area contributed by atoms with Crippen LogP contribution in [0.3, 0.4) is 0 Å². The van der Waals surface area contributed by atoms with Crippen LogP contribution >= 0.6 is 0 Å². The van der Waals surface area contributed by atoms with Crippen molar-refractivity contribution in [1.82, 2.24) is 0 Å². The van der Waals surface area contributed by atoms with E-state index < -0.39 is 28.0 Å². The molecule has 2 aromatic rings. The number of hydrogen-bond donors (Lipinski definition) is 2. The quantitative estimate of drug-likeness (QED) is 0.645. The van der Waals surface area contributed by atoms with E-state index in [1.807, 2.05) is 12.1 Å². The van der Waals surface area contributed by atoms with Gasteiger partial charge in [-0.05, 0) is 54.3 Å². The Labute approximate surface area is 176 Å². The van der Waals surface area contributed by atoms with Gasteiger partial charge >= 0.3 is 5.97 Å². The summed E-state index contributed by atoms with van der Waals surface area (Å²) in [4.78, 5) is 24.0. The van der Waals surface area contributed by atoms with Crippen LogP contribution in [0.15, 0.2) is 53.4 Å². The van der Waals surface area contributed by atoms with Crippen LogP contribution in [0.1, 0.15) is 33.3 Å². The summed E-state index contributed by atoms with van der Waals surface area (Å²) in [6.45, 7) is 7.38. The molecule has 0 radical (unpaired) electrons. The summed E-state index contributed by atoms with van der Waals surface area (Å²) in [5, 5.41) is 7.55. The molecule has 2 rings (SSSR count). The Morgan fingerprint density at radius 1 is 1.03 bits per heavy atom. The van der Waals surface area contributed by atoms with Crippen LogP contribution in [0.4, 0.5) is 5.69 Å². The predicted octanol–water partition coefficient (Wildman–Crippen LogP) is 2.58. The van der Waals surface area contributed by atoms with Crippen molar-refractivity contribution in [3.63, 3.8) is 0 Å². The van der Waals surface area contributed by atoms with Crippen LogP contribution in [0.25, 0.3) is 0 Å². The van der Waals surface area contributed by atoms with E-state index in [0.29, 0.717) is 11.4 Å². The molecule has 1 unspecified atom stereocenters. The molecule has 3 N–H and O–H groups in total. The van der Waals surface area contributed by atoms with Gasteiger partial charge in [-0.15, -0.1) is 0 Å². The Hall–Kier alpha value is -2.91. The molecule has 0 aliphatic rings. The maximum Gasteiger partial charge on any atom is 0.344 e. The van der Waals surface area contributed by atoms with Crippen LogP contribution in [0.2, 0.25) is 0 Å². The second kappa shape index (κ2) is 9.27. The van der Waals surface area contributed by atoms with Crippen LogP contribution in [-0.2, 0) is 29.8 Å². The third kappa shape index (κ3) is 6.85. The minimum absolute atomic E-state index is 0.0130. The molecule has 0 spiro atoms. The topological polar surface area (TPSA) is 125 Å². The number of rotatable bonds is 7. The number of ether oxygens (including phenoxy) is 2. The average Bonchev–Trinajstić information content (AvgIpc) is 2.65. The highest BCUT2D eigenvalue weighted by Gasteiger charge is 2.19. The minimum Gasteiger partial charge on any atom is -0.482 e. The van der Waals surface area contributed by atoms with E-state index >= 15 is 0 Å². The zero-order chi connectivity index (χ0) is 22.5. The van der Waals surface area contributed by atoms with Crippen molar-refractivity contribution >= 4 is 27.6 Å². The van der Waals surface area contributed by atoms with E-state index in [1.165, 1.54) is 31.2 Å². The highest BCUT2D eigenvalue weighted by atomic mass is 32.2. The molecule has 2 aromatic carbocycles. The fourth-order valence-corrected chi connectivity index (χ4v) is 2.97. The van der Waals surface area contributed by atoms with E-state index in [1.54, 1.807) is 12.1 Å². The number of esters is 1. The number of anilines is 1. The molecule has 1 amide bonds. The SMILES string of the molecule is CC(OC(=O)COc1ccc(C(C)(C)C)cc1)C(=O)Nc1ccc(S(N)(=O)=O)cc1. The number of nitrogens with one attached hydrogen (secondary N) is 1. The average molecular weight is 435 g/mol. The molecule has 0 fully saturated rings. The molecule has 9 heteroatoms. The first kappa shape index (κ1) is 23.4. The van der Waals surface area contributed by atoms with E-state index in [-0.39, 0.29) is 16.9 Å². The summed E-state index contributed by atoms with van der Waals surface area (Å²) in [5.74, 6) is -0.740. The zero-order valence-electron chi connectivity index (χ0n) is 17.3. The molecule has 8 nitrogen and oxygen atoms in total. The molecule has 0 bridgehead atoms. The van der Waals surface area contributed by atoms with Crippen LogP contribution in [0, 0.1) is 0 Å². The Bertz CT molecular complexity index is 993. The molecule has 0 saturated heterocycles. The van der Waals surface area contributed by atoms with Gasteiger partial charge in [-0.25, -0.2) is 18.4 Å². The number of benzene rings is 2. The third-order valence-corrected chi connectivity index (χ3v) is 5.13. The van der Waals surface area contributed by atoms with Gasteiger partial charge in [0.1, 0.15) is 5.75 Å². The van der Waals surface area contributed by atoms with Gasteiger partial charge in [0.05, 0.1) is 4.90 Å². The monoisotopic (exact) mass is 434 g/mol. The van der Waals surface area contributed by atoms with E-state index in [0.717, 1.165) is 5.56 Å². The summed E-state index contributed by atoms with van der Waals surface area (Å²) in [6.07, 6.45) is -1.07. The molecule has 0 saturated carbocycles. The number of primary sulfonamides is 1. The molecule has 0 aliphatic carbocycles. The maximum absolute atomic E-state index is 12.2. The van der Waals surface area contributed by atoms with Crippen molar-refractivity contribution in [2.75, 3.05) is 11.9 Å². The smallest absolute Gasteiger partial charge is 0.344 e. The zero-order valence-corrected chi connectivity index (χ0v) is 18.2. The Balaban J connectivity index is 1.84. The predicted molar refractivity (Wildman–Crippen MR) is 113 cm³/mol. The van der Waals surface area contributed by atoms with Gasteiger partial charge in [0, 0.05) is 5.69 Å². The number of nitrogens with two attached hydrogens (primary N) is 1. The van der Waals surface area contributed by atoms with Crippen LogP contribution < -0.4 is 15.2 Å². The van der Waals surface area contributed by atoms with Gasteiger partial charge < -0.3 is 14.8 Å². The lowest BCUT2D eigenvalue weighted by Crippen LogP contribution is -2.31. The highest BCUT2D eigenvalue weighted by molar-refractivity contribution is 7.89. The van der Waals surface area contributed by atoms with Crippen molar-refractivity contribution in [3.05, 3.63) is 54.1 Å². The summed E-state index contributed by atoms with van der Waals surface area (Å²) >= 11 is 0. The maximum atomic E-state index is 12.2. The third-order valence-electron chi connectivity index (χ3n) is 4.20. The number of amides is 1. The van der Waals surface area contributed by atoms with Crippen molar-refractivity contribution in [1.29, 1.82) is 0 Å². The van der Waals surface area contributed by atoms with E-state index in [2.05, 4.69) is 26.1 Å². The molecule has 30 heavy (non-hydrogen) atoms. The first-order valence-corrected chi connectivity index (χ1v) is 10.8. The molecule has 0 aliphatic heterocycles. The number of carbonyl (C=O) groups excluding carboxylic acids is 2. The molecule has 162 valence electrons. The lowest BCUT2D eigenvalue weighted by atomic mass is 9.87. The minimum atomic E-state index is -3.82. The second-order valence-corrected chi connectivity index (χ2v) is 9.32. The first-order chi connectivity index (χ1) is 13.9. The molecular weight excluding hydrogens is 408 g/mol. The fourth-order valence-electron chi connectivity index (χ4n) is 2.45. The highest BCUT2D eigenvalue weighted by Crippen LogP contribution is 2.24. The Morgan fingerprint density at radius 3 is 2.10 bits per heavy atom. The number of carbonyl (C=O) groups is 2. The molecule has 1 atom stereocenters. The largest absolute Gasteiger partial charge is 0.482 e. The van der Waals surface area contributed by atoms with Gasteiger partial charge in [0.15, 0.2) is 12.7 Å². The van der Waals surface area contributed by atoms with Crippen LogP contribution in [0.5, 0.6) is 5.75 Å². The van der Waals surface area contributed by atoms with Gasteiger partial charge in [-0.1, -0.05) is 32.9 Å².